The number of carbonyl (C=O) groups is 1. The van der Waals surface area contributed by atoms with Crippen molar-refractivity contribution in [2.45, 2.75) is 19.8 Å². The summed E-state index contributed by atoms with van der Waals surface area (Å²) in [5.41, 5.74) is 0.802. The minimum atomic E-state index is -0.0875. The molecule has 0 radical (unpaired) electrons. The highest BCUT2D eigenvalue weighted by atomic mass is 16.2. The Balaban J connectivity index is 2.03. The lowest BCUT2D eigenvalue weighted by molar-refractivity contribution is -0.120. The van der Waals surface area contributed by atoms with E-state index in [1.165, 1.54) is 0 Å². The maximum absolute atomic E-state index is 11.6. The monoisotopic (exact) mass is 175 g/mol. The molecule has 1 fully saturated rings. The Morgan fingerprint density at radius 1 is 1.31 bits per heavy atom. The molecule has 2 rings (SSSR count). The molecule has 0 saturated heterocycles. The lowest BCUT2D eigenvalue weighted by Crippen LogP contribution is -2.21. The molecule has 2 nitrogen and oxygen atoms in total. The second kappa shape index (κ2) is 2.87. The maximum Gasteiger partial charge on any atom is 0.230 e. The van der Waals surface area contributed by atoms with Crippen molar-refractivity contribution >= 4 is 11.6 Å². The van der Waals surface area contributed by atoms with Gasteiger partial charge in [-0.3, -0.25) is 4.79 Å². The molecule has 0 aromatic heterocycles. The van der Waals surface area contributed by atoms with Gasteiger partial charge in [0.1, 0.15) is 0 Å². The van der Waals surface area contributed by atoms with Crippen LogP contribution < -0.4 is 5.32 Å². The molecule has 0 spiro atoms. The predicted molar refractivity (Wildman–Crippen MR) is 52.4 cm³/mol. The molecule has 1 N–H and O–H groups in total. The second-order valence-electron chi connectivity index (χ2n) is 3.88. The van der Waals surface area contributed by atoms with Gasteiger partial charge in [0.2, 0.25) is 5.91 Å². The molecule has 68 valence electrons. The van der Waals surface area contributed by atoms with Crippen LogP contribution in [-0.2, 0) is 4.79 Å². The number of rotatable bonds is 2. The van der Waals surface area contributed by atoms with Gasteiger partial charge < -0.3 is 5.32 Å². The van der Waals surface area contributed by atoms with Gasteiger partial charge in [0.15, 0.2) is 0 Å². The Bertz CT molecular complexity index is 314. The number of amides is 1. The first kappa shape index (κ1) is 8.30. The van der Waals surface area contributed by atoms with Crippen LogP contribution in [-0.4, -0.2) is 5.91 Å². The summed E-state index contributed by atoms with van der Waals surface area (Å²) in [6, 6.07) is 9.59. The van der Waals surface area contributed by atoms with Gasteiger partial charge in [-0.2, -0.15) is 0 Å². The number of hydrogen-bond acceptors (Lipinski definition) is 1. The van der Waals surface area contributed by atoms with E-state index < -0.39 is 0 Å². The van der Waals surface area contributed by atoms with Crippen molar-refractivity contribution in [3.63, 3.8) is 0 Å². The largest absolute Gasteiger partial charge is 0.326 e. The van der Waals surface area contributed by atoms with Gasteiger partial charge in [-0.05, 0) is 25.0 Å². The van der Waals surface area contributed by atoms with E-state index in [2.05, 4.69) is 5.32 Å². The predicted octanol–water partition coefficient (Wildman–Crippen LogP) is 2.43. The molecule has 0 unspecified atom stereocenters. The van der Waals surface area contributed by atoms with E-state index in [-0.39, 0.29) is 11.3 Å². The third-order valence-corrected chi connectivity index (χ3v) is 2.58. The Hall–Kier alpha value is -1.31. The van der Waals surface area contributed by atoms with Crippen LogP contribution in [0.2, 0.25) is 0 Å². The molecule has 1 amide bonds. The zero-order valence-electron chi connectivity index (χ0n) is 7.71. The van der Waals surface area contributed by atoms with Crippen molar-refractivity contribution in [1.82, 2.24) is 0 Å². The van der Waals surface area contributed by atoms with Crippen LogP contribution in [0.3, 0.4) is 0 Å². The molecule has 13 heavy (non-hydrogen) atoms. The Morgan fingerprint density at radius 2 is 1.92 bits per heavy atom. The quantitative estimate of drug-likeness (QED) is 0.734. The second-order valence-corrected chi connectivity index (χ2v) is 3.88. The molecule has 1 aromatic rings. The zero-order valence-corrected chi connectivity index (χ0v) is 7.71. The number of carbonyl (C=O) groups excluding carboxylic acids is 1. The average molecular weight is 175 g/mol. The molecule has 0 atom stereocenters. The van der Waals surface area contributed by atoms with Crippen LogP contribution in [0.15, 0.2) is 30.3 Å². The zero-order chi connectivity index (χ0) is 9.31. The van der Waals surface area contributed by atoms with Gasteiger partial charge in [-0.15, -0.1) is 0 Å². The van der Waals surface area contributed by atoms with Crippen LogP contribution in [0.25, 0.3) is 0 Å². The van der Waals surface area contributed by atoms with E-state index >= 15 is 0 Å². The normalized spacial score (nSPS) is 17.9. The van der Waals surface area contributed by atoms with E-state index in [1.54, 1.807) is 0 Å². The van der Waals surface area contributed by atoms with Crippen molar-refractivity contribution in [2.75, 3.05) is 5.32 Å². The molecule has 1 aliphatic rings. The maximum atomic E-state index is 11.6. The molecular formula is C11H13NO. The number of para-hydroxylation sites is 1. The number of benzene rings is 1. The van der Waals surface area contributed by atoms with Gasteiger partial charge in [0.25, 0.3) is 0 Å². The lowest BCUT2D eigenvalue weighted by atomic mass is 10.1. The van der Waals surface area contributed by atoms with Gasteiger partial charge in [0, 0.05) is 11.1 Å². The smallest absolute Gasteiger partial charge is 0.230 e. The summed E-state index contributed by atoms with van der Waals surface area (Å²) < 4.78 is 0. The lowest BCUT2D eigenvalue weighted by Gasteiger charge is -2.09. The summed E-state index contributed by atoms with van der Waals surface area (Å²) in [7, 11) is 0. The van der Waals surface area contributed by atoms with Crippen molar-refractivity contribution in [2.24, 2.45) is 5.41 Å². The molecule has 1 saturated carbocycles. The van der Waals surface area contributed by atoms with Crippen LogP contribution in [0.5, 0.6) is 0 Å². The summed E-state index contributed by atoms with van der Waals surface area (Å²) >= 11 is 0. The molecule has 0 bridgehead atoms. The molecule has 2 heteroatoms. The molecule has 0 heterocycles. The highest BCUT2D eigenvalue weighted by Crippen LogP contribution is 2.45. The summed E-state index contributed by atoms with van der Waals surface area (Å²) in [6.45, 7) is 2.01. The third-order valence-electron chi connectivity index (χ3n) is 2.58. The van der Waals surface area contributed by atoms with Crippen molar-refractivity contribution in [3.05, 3.63) is 30.3 Å². The standard InChI is InChI=1S/C11H13NO/c1-11(7-8-11)10(13)12-9-5-3-2-4-6-9/h2-6H,7-8H2,1H3,(H,12,13). The average Bonchev–Trinajstić information content (AvgIpc) is 2.87. The van der Waals surface area contributed by atoms with Gasteiger partial charge in [-0.25, -0.2) is 0 Å². The molecule has 0 aliphatic heterocycles. The summed E-state index contributed by atoms with van der Waals surface area (Å²) in [4.78, 5) is 11.6. The Kier molecular flexibility index (Phi) is 1.83. The van der Waals surface area contributed by atoms with Crippen molar-refractivity contribution in [3.8, 4) is 0 Å². The summed E-state index contributed by atoms with van der Waals surface area (Å²) in [5.74, 6) is 0.152. The fourth-order valence-corrected chi connectivity index (χ4v) is 1.22. The van der Waals surface area contributed by atoms with Crippen LogP contribution >= 0.6 is 0 Å². The third kappa shape index (κ3) is 1.72. The highest BCUT2D eigenvalue weighted by Gasteiger charge is 2.44. The minimum Gasteiger partial charge on any atom is -0.326 e. The fraction of sp³-hybridized carbons (Fsp3) is 0.364. The summed E-state index contributed by atoms with van der Waals surface area (Å²) in [6.07, 6.45) is 2.04. The van der Waals surface area contributed by atoms with E-state index in [4.69, 9.17) is 0 Å². The van der Waals surface area contributed by atoms with Gasteiger partial charge >= 0.3 is 0 Å². The number of hydrogen-bond donors (Lipinski definition) is 1. The first-order chi connectivity index (χ1) is 6.21. The number of nitrogens with one attached hydrogen (secondary N) is 1. The van der Waals surface area contributed by atoms with Crippen LogP contribution in [0, 0.1) is 5.41 Å². The number of anilines is 1. The first-order valence-corrected chi connectivity index (χ1v) is 4.57. The van der Waals surface area contributed by atoms with Crippen LogP contribution in [0.4, 0.5) is 5.69 Å². The molecule has 1 aromatic carbocycles. The molecular weight excluding hydrogens is 162 g/mol. The van der Waals surface area contributed by atoms with E-state index in [9.17, 15) is 4.79 Å². The summed E-state index contributed by atoms with van der Waals surface area (Å²) in [5, 5.41) is 2.91. The minimum absolute atomic E-state index is 0.0875. The first-order valence-electron chi connectivity index (χ1n) is 4.57. The molecule has 1 aliphatic carbocycles. The van der Waals surface area contributed by atoms with Gasteiger partial charge in [-0.1, -0.05) is 25.1 Å². The van der Waals surface area contributed by atoms with E-state index in [1.807, 2.05) is 37.3 Å². The Labute approximate surface area is 78.0 Å². The van der Waals surface area contributed by atoms with Crippen LogP contribution in [0.1, 0.15) is 19.8 Å². The van der Waals surface area contributed by atoms with Crippen molar-refractivity contribution in [1.29, 1.82) is 0 Å². The van der Waals surface area contributed by atoms with Gasteiger partial charge in [0.05, 0.1) is 0 Å². The SMILES string of the molecule is CC1(C(=O)Nc2ccccc2)CC1. The van der Waals surface area contributed by atoms with E-state index in [0.717, 1.165) is 18.5 Å². The highest BCUT2D eigenvalue weighted by molar-refractivity contribution is 5.96. The topological polar surface area (TPSA) is 29.1 Å². The van der Waals surface area contributed by atoms with Crippen molar-refractivity contribution < 1.29 is 4.79 Å². The Morgan fingerprint density at radius 3 is 2.46 bits per heavy atom. The van der Waals surface area contributed by atoms with E-state index in [0.29, 0.717) is 0 Å². The fourth-order valence-electron chi connectivity index (χ4n) is 1.22.